The van der Waals surface area contributed by atoms with Crippen molar-refractivity contribution in [3.8, 4) is 5.75 Å². The third-order valence-electron chi connectivity index (χ3n) is 2.65. The Bertz CT molecular complexity index is 635. The van der Waals surface area contributed by atoms with Crippen molar-refractivity contribution in [2.75, 3.05) is 11.8 Å². The summed E-state index contributed by atoms with van der Waals surface area (Å²) in [4.78, 5) is 0. The van der Waals surface area contributed by atoms with Gasteiger partial charge >= 0.3 is 7.52 Å². The normalized spacial score (nSPS) is 13.6. The van der Waals surface area contributed by atoms with Crippen LogP contribution in [0.1, 0.15) is 11.1 Å². The quantitative estimate of drug-likeness (QED) is 0.782. The summed E-state index contributed by atoms with van der Waals surface area (Å²) >= 11 is 5.82. The van der Waals surface area contributed by atoms with Crippen molar-refractivity contribution >= 4 is 24.8 Å². The molecule has 0 aliphatic heterocycles. The maximum Gasteiger partial charge on any atom is 0.338 e. The van der Waals surface area contributed by atoms with Gasteiger partial charge in [0.15, 0.2) is 0 Å². The number of hydrogen-bond donors (Lipinski definition) is 1. The maximum absolute atomic E-state index is 12.5. The third-order valence-corrected chi connectivity index (χ3v) is 4.13. The Morgan fingerprint density at radius 2 is 1.60 bits per heavy atom. The number of nitrogens with one attached hydrogen (secondary N) is 1. The first-order chi connectivity index (χ1) is 9.34. The summed E-state index contributed by atoms with van der Waals surface area (Å²) in [5.74, 6) is 0.606. The van der Waals surface area contributed by atoms with Gasteiger partial charge in [-0.3, -0.25) is 4.57 Å². The molecule has 1 N–H and O–H groups in total. The first kappa shape index (κ1) is 15.0. The monoisotopic (exact) mass is 309 g/mol. The van der Waals surface area contributed by atoms with Gasteiger partial charge in [0, 0.05) is 17.4 Å². The van der Waals surface area contributed by atoms with E-state index in [1.807, 2.05) is 32.0 Å². The summed E-state index contributed by atoms with van der Waals surface area (Å²) < 4.78 is 18.1. The molecule has 0 bridgehead atoms. The lowest BCUT2D eigenvalue weighted by molar-refractivity contribution is 0.493. The van der Waals surface area contributed by atoms with E-state index < -0.39 is 7.52 Å². The van der Waals surface area contributed by atoms with Crippen LogP contribution in [-0.4, -0.2) is 6.66 Å². The summed E-state index contributed by atoms with van der Waals surface area (Å²) in [5, 5.41) is 3.54. The summed E-state index contributed by atoms with van der Waals surface area (Å²) in [5.41, 5.74) is 2.86. The van der Waals surface area contributed by atoms with Crippen molar-refractivity contribution in [2.45, 2.75) is 13.8 Å². The fourth-order valence-electron chi connectivity index (χ4n) is 1.97. The molecule has 2 aromatic carbocycles. The zero-order valence-electron chi connectivity index (χ0n) is 11.7. The van der Waals surface area contributed by atoms with Gasteiger partial charge in [-0.15, -0.1) is 0 Å². The Balaban J connectivity index is 2.14. The predicted octanol–water partition coefficient (Wildman–Crippen LogP) is 5.27. The largest absolute Gasteiger partial charge is 0.429 e. The molecule has 0 saturated heterocycles. The van der Waals surface area contributed by atoms with Crippen molar-refractivity contribution in [2.24, 2.45) is 0 Å². The molecule has 20 heavy (non-hydrogen) atoms. The Morgan fingerprint density at radius 3 is 2.15 bits per heavy atom. The van der Waals surface area contributed by atoms with Gasteiger partial charge in [0.2, 0.25) is 0 Å². The topological polar surface area (TPSA) is 38.3 Å². The van der Waals surface area contributed by atoms with Gasteiger partial charge < -0.3 is 9.61 Å². The van der Waals surface area contributed by atoms with Crippen LogP contribution in [0.2, 0.25) is 5.02 Å². The summed E-state index contributed by atoms with van der Waals surface area (Å²) in [6.45, 7) is 5.51. The van der Waals surface area contributed by atoms with Crippen molar-refractivity contribution in [1.82, 2.24) is 0 Å². The van der Waals surface area contributed by atoms with Crippen molar-refractivity contribution in [3.63, 3.8) is 0 Å². The highest BCUT2D eigenvalue weighted by Gasteiger charge is 2.17. The van der Waals surface area contributed by atoms with E-state index in [4.69, 9.17) is 16.1 Å². The van der Waals surface area contributed by atoms with Crippen LogP contribution in [0.5, 0.6) is 5.75 Å². The molecule has 3 nitrogen and oxygen atoms in total. The zero-order valence-corrected chi connectivity index (χ0v) is 13.3. The standard InChI is InChI=1S/C15H17ClNO2P/c1-11-8-12(2)10-15(9-11)19-20(3,18)17-14-6-4-13(16)5-7-14/h4-10H,1-3H3,(H,17,18). The van der Waals surface area contributed by atoms with E-state index in [1.165, 1.54) is 0 Å². The number of benzene rings is 2. The van der Waals surface area contributed by atoms with Crippen LogP contribution in [0.25, 0.3) is 0 Å². The van der Waals surface area contributed by atoms with Gasteiger partial charge in [-0.1, -0.05) is 17.7 Å². The van der Waals surface area contributed by atoms with Gasteiger partial charge in [0.05, 0.1) is 0 Å². The van der Waals surface area contributed by atoms with E-state index in [2.05, 4.69) is 5.09 Å². The maximum atomic E-state index is 12.5. The third kappa shape index (κ3) is 4.29. The minimum atomic E-state index is -2.98. The van der Waals surface area contributed by atoms with E-state index in [9.17, 15) is 4.57 Å². The summed E-state index contributed by atoms with van der Waals surface area (Å²) in [6, 6.07) is 12.8. The molecule has 0 aromatic heterocycles. The summed E-state index contributed by atoms with van der Waals surface area (Å²) in [7, 11) is -2.98. The lowest BCUT2D eigenvalue weighted by Crippen LogP contribution is -2.02. The van der Waals surface area contributed by atoms with Gasteiger partial charge in [0.1, 0.15) is 5.75 Å². The van der Waals surface area contributed by atoms with E-state index >= 15 is 0 Å². The van der Waals surface area contributed by atoms with Crippen molar-refractivity contribution in [3.05, 3.63) is 58.6 Å². The van der Waals surface area contributed by atoms with Crippen molar-refractivity contribution < 1.29 is 9.09 Å². The number of aryl methyl sites for hydroxylation is 2. The van der Waals surface area contributed by atoms with Gasteiger partial charge in [-0.2, -0.15) is 0 Å². The number of hydrogen-bond acceptors (Lipinski definition) is 2. The fourth-order valence-corrected chi connectivity index (χ4v) is 3.27. The molecule has 2 rings (SSSR count). The molecule has 0 saturated carbocycles. The van der Waals surface area contributed by atoms with E-state index in [-0.39, 0.29) is 0 Å². The first-order valence-electron chi connectivity index (χ1n) is 6.23. The highest BCUT2D eigenvalue weighted by Crippen LogP contribution is 2.43. The number of anilines is 1. The van der Waals surface area contributed by atoms with Gasteiger partial charge in [-0.25, -0.2) is 0 Å². The first-order valence-corrected chi connectivity index (χ1v) is 8.68. The molecule has 0 spiro atoms. The molecule has 1 atom stereocenters. The van der Waals surface area contributed by atoms with Crippen LogP contribution >= 0.6 is 19.1 Å². The van der Waals surface area contributed by atoms with E-state index in [1.54, 1.807) is 30.9 Å². The minimum Gasteiger partial charge on any atom is -0.429 e. The second-order valence-corrected chi connectivity index (χ2v) is 7.41. The molecule has 0 amide bonds. The second kappa shape index (κ2) is 5.90. The van der Waals surface area contributed by atoms with Crippen LogP contribution < -0.4 is 9.61 Å². The zero-order chi connectivity index (χ0) is 14.8. The molecule has 0 aliphatic rings. The van der Waals surface area contributed by atoms with Crippen LogP contribution in [-0.2, 0) is 4.57 Å². The van der Waals surface area contributed by atoms with Gasteiger partial charge in [0.25, 0.3) is 0 Å². The van der Waals surface area contributed by atoms with E-state index in [0.29, 0.717) is 16.5 Å². The minimum absolute atomic E-state index is 0.606. The molecular weight excluding hydrogens is 293 g/mol. The Hall–Kier alpha value is -1.44. The fraction of sp³-hybridized carbons (Fsp3) is 0.200. The average Bonchev–Trinajstić information content (AvgIpc) is 2.29. The van der Waals surface area contributed by atoms with Crippen LogP contribution in [0.15, 0.2) is 42.5 Å². The molecule has 0 aliphatic carbocycles. The molecule has 106 valence electrons. The summed E-state index contributed by atoms with van der Waals surface area (Å²) in [6.07, 6.45) is 0. The molecule has 2 aromatic rings. The highest BCUT2D eigenvalue weighted by molar-refractivity contribution is 7.60. The van der Waals surface area contributed by atoms with Crippen LogP contribution in [0.4, 0.5) is 5.69 Å². The molecule has 5 heteroatoms. The molecular formula is C15H17ClNO2P. The lowest BCUT2D eigenvalue weighted by atomic mass is 10.1. The Morgan fingerprint density at radius 1 is 1.05 bits per heavy atom. The molecule has 0 heterocycles. The second-order valence-electron chi connectivity index (χ2n) is 4.88. The smallest absolute Gasteiger partial charge is 0.338 e. The number of halogens is 1. The predicted molar refractivity (Wildman–Crippen MR) is 85.1 cm³/mol. The SMILES string of the molecule is Cc1cc(C)cc(OP(C)(=O)Nc2ccc(Cl)cc2)c1. The van der Waals surface area contributed by atoms with Crippen molar-refractivity contribution in [1.29, 1.82) is 0 Å². The Labute approximate surface area is 124 Å². The highest BCUT2D eigenvalue weighted by atomic mass is 35.5. The van der Waals surface area contributed by atoms with Crippen LogP contribution in [0, 0.1) is 13.8 Å². The Kier molecular flexibility index (Phi) is 4.42. The average molecular weight is 310 g/mol. The van der Waals surface area contributed by atoms with Crippen LogP contribution in [0.3, 0.4) is 0 Å². The molecule has 1 unspecified atom stereocenters. The van der Waals surface area contributed by atoms with Gasteiger partial charge in [-0.05, 0) is 61.4 Å². The molecule has 0 fully saturated rings. The number of rotatable bonds is 4. The lowest BCUT2D eigenvalue weighted by Gasteiger charge is -2.18. The molecule has 0 radical (unpaired) electrons. The van der Waals surface area contributed by atoms with E-state index in [0.717, 1.165) is 11.1 Å².